The lowest BCUT2D eigenvalue weighted by molar-refractivity contribution is 0.00193. The first kappa shape index (κ1) is 21.1. The second-order valence-electron chi connectivity index (χ2n) is 6.67. The smallest absolute Gasteiger partial charge is 0.203 e. The van der Waals surface area contributed by atoms with Crippen molar-refractivity contribution < 1.29 is 18.9 Å². The van der Waals surface area contributed by atoms with Crippen molar-refractivity contribution in [2.75, 3.05) is 42.0 Å². The third-order valence-corrected chi connectivity index (χ3v) is 5.09. The monoisotopic (exact) mass is 373 g/mol. The standard InChI is InChI=1S/C22H31NO4/c1-7-22(23(2)3,18-11-9-8-10-12-18)16-27-15-17-13-19(24-4)21(26-6)20(14-17)25-5/h8-14H,7,15-16H2,1-6H3/t22-/m1/s1. The number of methoxy groups -OCH3 is 3. The summed E-state index contributed by atoms with van der Waals surface area (Å²) in [6.07, 6.45) is 0.944. The molecule has 0 radical (unpaired) electrons. The molecular weight excluding hydrogens is 342 g/mol. The van der Waals surface area contributed by atoms with E-state index in [0.29, 0.717) is 30.5 Å². The van der Waals surface area contributed by atoms with E-state index in [1.54, 1.807) is 21.3 Å². The van der Waals surface area contributed by atoms with Crippen LogP contribution < -0.4 is 14.2 Å². The van der Waals surface area contributed by atoms with Gasteiger partial charge in [0.1, 0.15) is 0 Å². The van der Waals surface area contributed by atoms with Gasteiger partial charge < -0.3 is 18.9 Å². The molecule has 5 nitrogen and oxygen atoms in total. The average Bonchev–Trinajstić information content (AvgIpc) is 2.70. The number of rotatable bonds is 10. The number of benzene rings is 2. The lowest BCUT2D eigenvalue weighted by atomic mass is 9.87. The normalized spacial score (nSPS) is 13.3. The van der Waals surface area contributed by atoms with Gasteiger partial charge in [0.05, 0.1) is 40.1 Å². The summed E-state index contributed by atoms with van der Waals surface area (Å²) in [6, 6.07) is 14.3. The topological polar surface area (TPSA) is 40.2 Å². The van der Waals surface area contributed by atoms with E-state index in [0.717, 1.165) is 12.0 Å². The highest BCUT2D eigenvalue weighted by Gasteiger charge is 2.33. The van der Waals surface area contributed by atoms with Gasteiger partial charge in [0.15, 0.2) is 11.5 Å². The van der Waals surface area contributed by atoms with Gasteiger partial charge in [-0.25, -0.2) is 0 Å². The molecule has 0 N–H and O–H groups in total. The largest absolute Gasteiger partial charge is 0.493 e. The molecule has 2 aromatic rings. The molecular formula is C22H31NO4. The van der Waals surface area contributed by atoms with E-state index in [4.69, 9.17) is 18.9 Å². The number of nitrogens with zero attached hydrogens (tertiary/aromatic N) is 1. The predicted molar refractivity (Wildman–Crippen MR) is 108 cm³/mol. The Hall–Kier alpha value is -2.24. The van der Waals surface area contributed by atoms with Crippen molar-refractivity contribution in [1.82, 2.24) is 4.90 Å². The van der Waals surface area contributed by atoms with E-state index in [9.17, 15) is 0 Å². The molecule has 0 saturated heterocycles. The molecule has 2 aromatic carbocycles. The second-order valence-corrected chi connectivity index (χ2v) is 6.67. The summed E-state index contributed by atoms with van der Waals surface area (Å²) in [7, 11) is 9.03. The van der Waals surface area contributed by atoms with Crippen LogP contribution in [0.2, 0.25) is 0 Å². The Bertz CT molecular complexity index is 693. The maximum atomic E-state index is 6.17. The van der Waals surface area contributed by atoms with E-state index in [1.807, 2.05) is 18.2 Å². The van der Waals surface area contributed by atoms with Crippen molar-refractivity contribution >= 4 is 0 Å². The Morgan fingerprint density at radius 2 is 1.48 bits per heavy atom. The minimum atomic E-state index is -0.179. The van der Waals surface area contributed by atoms with Crippen LogP contribution in [0.4, 0.5) is 0 Å². The van der Waals surface area contributed by atoms with Crippen LogP contribution in [0, 0.1) is 0 Å². The van der Waals surface area contributed by atoms with Crippen molar-refractivity contribution in [3.63, 3.8) is 0 Å². The minimum Gasteiger partial charge on any atom is -0.493 e. The van der Waals surface area contributed by atoms with Crippen LogP contribution in [0.5, 0.6) is 17.2 Å². The number of likely N-dealkylation sites (N-methyl/N-ethyl adjacent to an activating group) is 1. The Balaban J connectivity index is 2.20. The van der Waals surface area contributed by atoms with Crippen LogP contribution >= 0.6 is 0 Å². The average molecular weight is 373 g/mol. The molecule has 0 bridgehead atoms. The van der Waals surface area contributed by atoms with E-state index in [1.165, 1.54) is 5.56 Å². The van der Waals surface area contributed by atoms with Gasteiger partial charge in [-0.3, -0.25) is 4.90 Å². The molecule has 0 fully saturated rings. The maximum absolute atomic E-state index is 6.17. The van der Waals surface area contributed by atoms with E-state index in [-0.39, 0.29) is 5.54 Å². The highest BCUT2D eigenvalue weighted by atomic mass is 16.5. The fourth-order valence-corrected chi connectivity index (χ4v) is 3.40. The van der Waals surface area contributed by atoms with E-state index < -0.39 is 0 Å². The Morgan fingerprint density at radius 3 is 1.93 bits per heavy atom. The van der Waals surface area contributed by atoms with Crippen molar-refractivity contribution in [3.05, 3.63) is 53.6 Å². The van der Waals surface area contributed by atoms with E-state index in [2.05, 4.69) is 50.2 Å². The first-order valence-electron chi connectivity index (χ1n) is 9.12. The zero-order valence-corrected chi connectivity index (χ0v) is 17.2. The summed E-state index contributed by atoms with van der Waals surface area (Å²) in [5.74, 6) is 1.85. The summed E-state index contributed by atoms with van der Waals surface area (Å²) in [5, 5.41) is 0. The van der Waals surface area contributed by atoms with E-state index >= 15 is 0 Å². The quantitative estimate of drug-likeness (QED) is 0.627. The third kappa shape index (κ3) is 4.54. The van der Waals surface area contributed by atoms with Crippen LogP contribution in [-0.2, 0) is 16.9 Å². The molecule has 27 heavy (non-hydrogen) atoms. The van der Waals surface area contributed by atoms with Crippen molar-refractivity contribution in [3.8, 4) is 17.2 Å². The molecule has 0 unspecified atom stereocenters. The zero-order valence-electron chi connectivity index (χ0n) is 17.2. The molecule has 0 aliphatic rings. The van der Waals surface area contributed by atoms with Crippen molar-refractivity contribution in [2.24, 2.45) is 0 Å². The SMILES string of the molecule is CC[C@@](COCc1cc(OC)c(OC)c(OC)c1)(c1ccccc1)N(C)C. The predicted octanol–water partition coefficient (Wildman–Crippen LogP) is 4.10. The molecule has 0 aliphatic carbocycles. The molecule has 0 aromatic heterocycles. The second kappa shape index (κ2) is 9.62. The van der Waals surface area contributed by atoms with Gasteiger partial charge >= 0.3 is 0 Å². The highest BCUT2D eigenvalue weighted by Crippen LogP contribution is 2.38. The summed E-state index contributed by atoms with van der Waals surface area (Å²) in [4.78, 5) is 2.23. The first-order chi connectivity index (χ1) is 13.0. The third-order valence-electron chi connectivity index (χ3n) is 5.09. The Labute approximate surface area is 162 Å². The molecule has 0 aliphatic heterocycles. The summed E-state index contributed by atoms with van der Waals surface area (Å²) < 4.78 is 22.4. The lowest BCUT2D eigenvalue weighted by Gasteiger charge is -2.39. The van der Waals surface area contributed by atoms with Crippen LogP contribution in [0.3, 0.4) is 0 Å². The van der Waals surface area contributed by atoms with Gasteiger partial charge in [-0.15, -0.1) is 0 Å². The lowest BCUT2D eigenvalue weighted by Crippen LogP contribution is -2.45. The fraction of sp³-hybridized carbons (Fsp3) is 0.455. The molecule has 0 amide bonds. The molecule has 148 valence electrons. The van der Waals surface area contributed by atoms with Crippen LogP contribution in [0.1, 0.15) is 24.5 Å². The molecule has 0 heterocycles. The fourth-order valence-electron chi connectivity index (χ4n) is 3.40. The van der Waals surface area contributed by atoms with Gasteiger partial charge in [0.25, 0.3) is 0 Å². The van der Waals surface area contributed by atoms with Crippen molar-refractivity contribution in [2.45, 2.75) is 25.5 Å². The summed E-state index contributed by atoms with van der Waals surface area (Å²) in [6.45, 7) is 3.23. The van der Waals surface area contributed by atoms with Crippen LogP contribution in [0.15, 0.2) is 42.5 Å². The molecule has 2 rings (SSSR count). The van der Waals surface area contributed by atoms with Crippen LogP contribution in [0.25, 0.3) is 0 Å². The minimum absolute atomic E-state index is 0.179. The zero-order chi connectivity index (χ0) is 19.9. The van der Waals surface area contributed by atoms with Crippen LogP contribution in [-0.4, -0.2) is 46.9 Å². The Kier molecular flexibility index (Phi) is 7.51. The highest BCUT2D eigenvalue weighted by molar-refractivity contribution is 5.53. The van der Waals surface area contributed by atoms with Gasteiger partial charge in [-0.1, -0.05) is 37.3 Å². The van der Waals surface area contributed by atoms with Gasteiger partial charge in [-0.2, -0.15) is 0 Å². The number of ether oxygens (including phenoxy) is 4. The Morgan fingerprint density at radius 1 is 0.889 bits per heavy atom. The maximum Gasteiger partial charge on any atom is 0.203 e. The molecule has 1 atom stereocenters. The molecule has 5 heteroatoms. The summed E-state index contributed by atoms with van der Waals surface area (Å²) in [5.41, 5.74) is 2.05. The summed E-state index contributed by atoms with van der Waals surface area (Å²) >= 11 is 0. The van der Waals surface area contributed by atoms with Gasteiger partial charge in [-0.05, 0) is 43.8 Å². The van der Waals surface area contributed by atoms with Gasteiger partial charge in [0, 0.05) is 0 Å². The van der Waals surface area contributed by atoms with Gasteiger partial charge in [0.2, 0.25) is 5.75 Å². The van der Waals surface area contributed by atoms with Crippen molar-refractivity contribution in [1.29, 1.82) is 0 Å². The first-order valence-corrected chi connectivity index (χ1v) is 9.12. The molecule has 0 spiro atoms. The number of hydrogen-bond acceptors (Lipinski definition) is 5. The molecule has 0 saturated carbocycles. The number of hydrogen-bond donors (Lipinski definition) is 0.